The van der Waals surface area contributed by atoms with Gasteiger partial charge in [0.25, 0.3) is 0 Å². The minimum atomic E-state index is 0.462. The van der Waals surface area contributed by atoms with Crippen LogP contribution in [0.3, 0.4) is 0 Å². The Labute approximate surface area is 69.6 Å². The highest BCUT2D eigenvalue weighted by Gasteiger charge is 1.95. The summed E-state index contributed by atoms with van der Waals surface area (Å²) in [4.78, 5) is 6.22. The number of likely N-dealkylation sites (N-methyl/N-ethyl adjacent to an activating group) is 1. The molecule has 0 aliphatic rings. The predicted molar refractivity (Wildman–Crippen MR) is 51.1 cm³/mol. The van der Waals surface area contributed by atoms with E-state index in [1.807, 2.05) is 12.4 Å². The molecule has 64 valence electrons. The molecule has 0 fully saturated rings. The fourth-order valence-corrected chi connectivity index (χ4v) is 0.513. The third-order valence-corrected chi connectivity index (χ3v) is 1.55. The maximum Gasteiger partial charge on any atom is 0.0261 e. The van der Waals surface area contributed by atoms with E-state index >= 15 is 0 Å². The summed E-state index contributed by atoms with van der Waals surface area (Å²) < 4.78 is 0. The number of hydrogen-bond donors (Lipinski definition) is 0. The smallest absolute Gasteiger partial charge is 0.0261 e. The molecule has 0 rings (SSSR count). The Morgan fingerprint density at radius 2 is 2.09 bits per heavy atom. The predicted octanol–water partition coefficient (Wildman–Crippen LogP) is 1.93. The van der Waals surface area contributed by atoms with E-state index in [1.165, 1.54) is 0 Å². The number of hydrogen-bond acceptors (Lipinski definition) is 2. The van der Waals surface area contributed by atoms with Crippen molar-refractivity contribution < 1.29 is 0 Å². The van der Waals surface area contributed by atoms with Crippen molar-refractivity contribution in [1.82, 2.24) is 4.90 Å². The van der Waals surface area contributed by atoms with Crippen molar-refractivity contribution in [2.75, 3.05) is 14.1 Å². The molecule has 0 saturated carbocycles. The third-order valence-electron chi connectivity index (χ3n) is 1.55. The van der Waals surface area contributed by atoms with E-state index in [0.717, 1.165) is 6.42 Å². The summed E-state index contributed by atoms with van der Waals surface area (Å²) in [5.74, 6) is 0. The van der Waals surface area contributed by atoms with Crippen molar-refractivity contribution in [2.45, 2.75) is 26.3 Å². The summed E-state index contributed by atoms with van der Waals surface area (Å²) in [6.07, 6.45) is 6.83. The van der Waals surface area contributed by atoms with E-state index in [-0.39, 0.29) is 0 Å². The van der Waals surface area contributed by atoms with Crippen LogP contribution >= 0.6 is 0 Å². The van der Waals surface area contributed by atoms with Gasteiger partial charge in [-0.3, -0.25) is 4.99 Å². The molecule has 0 aliphatic heterocycles. The average Bonchev–Trinajstić information content (AvgIpc) is 1.97. The largest absolute Gasteiger partial charge is 0.303 e. The highest BCUT2D eigenvalue weighted by atomic mass is 15.1. The summed E-state index contributed by atoms with van der Waals surface area (Å²) in [7, 11) is 4.11. The van der Waals surface area contributed by atoms with Crippen LogP contribution in [-0.2, 0) is 0 Å². The second-order valence-corrected chi connectivity index (χ2v) is 2.79. The Morgan fingerprint density at radius 3 is 2.55 bits per heavy atom. The van der Waals surface area contributed by atoms with E-state index in [1.54, 1.807) is 0 Å². The molecule has 0 N–H and O–H groups in total. The summed E-state index contributed by atoms with van der Waals surface area (Å²) in [5.41, 5.74) is 0. The van der Waals surface area contributed by atoms with Gasteiger partial charge < -0.3 is 4.90 Å². The minimum absolute atomic E-state index is 0.462. The van der Waals surface area contributed by atoms with E-state index in [4.69, 9.17) is 0 Å². The molecule has 0 saturated heterocycles. The van der Waals surface area contributed by atoms with Gasteiger partial charge >= 0.3 is 0 Å². The molecular formula is C9H18N2. The van der Waals surface area contributed by atoms with Gasteiger partial charge in [-0.1, -0.05) is 6.92 Å². The Kier molecular flexibility index (Phi) is 5.75. The Balaban J connectivity index is 3.64. The Morgan fingerprint density at radius 1 is 1.45 bits per heavy atom. The van der Waals surface area contributed by atoms with Crippen LogP contribution in [-0.4, -0.2) is 31.3 Å². The molecule has 0 amide bonds. The second-order valence-electron chi connectivity index (χ2n) is 2.79. The number of nitrogens with zero attached hydrogens (tertiary/aromatic N) is 2. The number of rotatable bonds is 4. The van der Waals surface area contributed by atoms with Crippen molar-refractivity contribution in [1.29, 1.82) is 0 Å². The van der Waals surface area contributed by atoms with Crippen molar-refractivity contribution >= 4 is 6.21 Å². The van der Waals surface area contributed by atoms with Crippen LogP contribution in [0.25, 0.3) is 0 Å². The molecule has 0 aliphatic carbocycles. The lowest BCUT2D eigenvalue weighted by Crippen LogP contribution is -2.21. The lowest BCUT2D eigenvalue weighted by atomic mass is 10.3. The molecule has 1 unspecified atom stereocenters. The van der Waals surface area contributed by atoms with Crippen LogP contribution in [0, 0.1) is 0 Å². The van der Waals surface area contributed by atoms with Crippen LogP contribution in [0.4, 0.5) is 0 Å². The SMILES string of the molecule is CC/C=N\C=C/C(C)N(C)C. The van der Waals surface area contributed by atoms with Gasteiger partial charge in [-0.15, -0.1) is 0 Å². The first-order valence-corrected chi connectivity index (χ1v) is 4.03. The van der Waals surface area contributed by atoms with E-state index in [0.29, 0.717) is 6.04 Å². The molecule has 0 bridgehead atoms. The lowest BCUT2D eigenvalue weighted by Gasteiger charge is -2.14. The molecule has 2 heteroatoms. The van der Waals surface area contributed by atoms with Gasteiger partial charge in [0, 0.05) is 18.5 Å². The molecule has 0 aromatic rings. The molecule has 2 nitrogen and oxygen atoms in total. The van der Waals surface area contributed by atoms with Gasteiger partial charge in [0.05, 0.1) is 0 Å². The third kappa shape index (κ3) is 5.80. The van der Waals surface area contributed by atoms with Gasteiger partial charge in [-0.05, 0) is 33.5 Å². The topological polar surface area (TPSA) is 15.6 Å². The van der Waals surface area contributed by atoms with Crippen molar-refractivity contribution in [2.24, 2.45) is 4.99 Å². The molecule has 0 aromatic carbocycles. The first-order valence-electron chi connectivity index (χ1n) is 4.03. The fourth-order valence-electron chi connectivity index (χ4n) is 0.513. The first-order chi connectivity index (χ1) is 5.18. The molecule has 0 heterocycles. The zero-order chi connectivity index (χ0) is 8.69. The summed E-state index contributed by atoms with van der Waals surface area (Å²) in [6.45, 7) is 4.21. The molecule has 0 aromatic heterocycles. The maximum absolute atomic E-state index is 4.08. The van der Waals surface area contributed by atoms with Crippen LogP contribution in [0.15, 0.2) is 17.3 Å². The van der Waals surface area contributed by atoms with Gasteiger partial charge in [0.1, 0.15) is 0 Å². The highest BCUT2D eigenvalue weighted by Crippen LogP contribution is 1.92. The van der Waals surface area contributed by atoms with Crippen LogP contribution < -0.4 is 0 Å². The minimum Gasteiger partial charge on any atom is -0.303 e. The normalized spacial score (nSPS) is 15.4. The van der Waals surface area contributed by atoms with Gasteiger partial charge in [0.15, 0.2) is 0 Å². The molecule has 0 spiro atoms. The summed E-state index contributed by atoms with van der Waals surface area (Å²) >= 11 is 0. The molecule has 1 atom stereocenters. The van der Waals surface area contributed by atoms with Crippen molar-refractivity contribution in [3.05, 3.63) is 12.3 Å². The zero-order valence-electron chi connectivity index (χ0n) is 7.91. The van der Waals surface area contributed by atoms with Gasteiger partial charge in [-0.2, -0.15) is 0 Å². The van der Waals surface area contributed by atoms with Gasteiger partial charge in [0.2, 0.25) is 0 Å². The average molecular weight is 154 g/mol. The lowest BCUT2D eigenvalue weighted by molar-refractivity contribution is 0.364. The first kappa shape index (κ1) is 10.4. The van der Waals surface area contributed by atoms with E-state index in [9.17, 15) is 0 Å². The standard InChI is InChI=1S/C9H18N2/c1-5-7-10-8-6-9(2)11(3)4/h6-9H,5H2,1-4H3/b8-6-,10-7-. The quantitative estimate of drug-likeness (QED) is 0.565. The second kappa shape index (κ2) is 6.10. The summed E-state index contributed by atoms with van der Waals surface area (Å²) in [6, 6.07) is 0.462. The molecular weight excluding hydrogens is 136 g/mol. The monoisotopic (exact) mass is 154 g/mol. The molecule has 11 heavy (non-hydrogen) atoms. The summed E-state index contributed by atoms with van der Waals surface area (Å²) in [5, 5.41) is 0. The van der Waals surface area contributed by atoms with E-state index < -0.39 is 0 Å². The van der Waals surface area contributed by atoms with E-state index in [2.05, 4.69) is 43.9 Å². The maximum atomic E-state index is 4.08. The Hall–Kier alpha value is -0.630. The van der Waals surface area contributed by atoms with Gasteiger partial charge in [-0.25, -0.2) is 0 Å². The van der Waals surface area contributed by atoms with Crippen LogP contribution in [0.5, 0.6) is 0 Å². The van der Waals surface area contributed by atoms with Crippen molar-refractivity contribution in [3.8, 4) is 0 Å². The molecule has 0 radical (unpaired) electrons. The van der Waals surface area contributed by atoms with Crippen molar-refractivity contribution in [3.63, 3.8) is 0 Å². The fraction of sp³-hybridized carbons (Fsp3) is 0.667. The highest BCUT2D eigenvalue weighted by molar-refractivity contribution is 5.57. The zero-order valence-corrected chi connectivity index (χ0v) is 7.91. The van der Waals surface area contributed by atoms with Crippen LogP contribution in [0.1, 0.15) is 20.3 Å². The van der Waals surface area contributed by atoms with Crippen LogP contribution in [0.2, 0.25) is 0 Å². The number of aliphatic imine (C=N–C) groups is 1. The Bertz CT molecular complexity index is 136.